The molecule has 0 spiro atoms. The average Bonchev–Trinajstić information content (AvgIpc) is 2.25. The molecule has 0 saturated carbocycles. The Bertz CT molecular complexity index is 369. The summed E-state index contributed by atoms with van der Waals surface area (Å²) in [5.41, 5.74) is 0.633. The van der Waals surface area contributed by atoms with Gasteiger partial charge in [0.25, 0.3) is 0 Å². The first-order chi connectivity index (χ1) is 8.37. The molecule has 1 aromatic rings. The van der Waals surface area contributed by atoms with Gasteiger partial charge in [-0.2, -0.15) is 13.2 Å². The number of rotatable bonds is 6. The monoisotopic (exact) mass is 263 g/mol. The van der Waals surface area contributed by atoms with Crippen LogP contribution in [0.5, 0.6) is 5.88 Å². The molecular weight excluding hydrogens is 247 g/mol. The molecule has 0 aliphatic heterocycles. The van der Waals surface area contributed by atoms with Gasteiger partial charge in [0.15, 0.2) is 0 Å². The van der Waals surface area contributed by atoms with Gasteiger partial charge in [0, 0.05) is 18.8 Å². The molecule has 0 saturated heterocycles. The summed E-state index contributed by atoms with van der Waals surface area (Å²) >= 11 is 0. The SMILES string of the molecule is CC(C)NCc1cncc(OCCC(F)(F)F)n1. The molecule has 1 N–H and O–H groups in total. The van der Waals surface area contributed by atoms with Gasteiger partial charge in [-0.25, -0.2) is 4.98 Å². The molecule has 4 nitrogen and oxygen atoms in total. The lowest BCUT2D eigenvalue weighted by Gasteiger charge is -2.10. The molecule has 7 heteroatoms. The van der Waals surface area contributed by atoms with Crippen molar-refractivity contribution in [3.8, 4) is 5.88 Å². The van der Waals surface area contributed by atoms with E-state index in [-0.39, 0.29) is 5.88 Å². The van der Waals surface area contributed by atoms with Crippen LogP contribution in [0.2, 0.25) is 0 Å². The summed E-state index contributed by atoms with van der Waals surface area (Å²) in [6.45, 7) is 4.02. The van der Waals surface area contributed by atoms with Gasteiger partial charge in [-0.05, 0) is 0 Å². The zero-order valence-corrected chi connectivity index (χ0v) is 10.3. The highest BCUT2D eigenvalue weighted by molar-refractivity contribution is 5.08. The van der Waals surface area contributed by atoms with Gasteiger partial charge in [-0.15, -0.1) is 0 Å². The molecule has 1 rings (SSSR count). The largest absolute Gasteiger partial charge is 0.476 e. The average molecular weight is 263 g/mol. The Labute approximate surface area is 104 Å². The fourth-order valence-corrected chi connectivity index (χ4v) is 1.12. The van der Waals surface area contributed by atoms with Crippen LogP contribution in [0, 0.1) is 0 Å². The van der Waals surface area contributed by atoms with E-state index in [1.165, 1.54) is 6.20 Å². The van der Waals surface area contributed by atoms with E-state index in [1.54, 1.807) is 6.20 Å². The summed E-state index contributed by atoms with van der Waals surface area (Å²) in [6, 6.07) is 0.293. The van der Waals surface area contributed by atoms with Crippen LogP contribution >= 0.6 is 0 Å². The van der Waals surface area contributed by atoms with E-state index in [4.69, 9.17) is 4.74 Å². The van der Waals surface area contributed by atoms with Crippen LogP contribution in [0.15, 0.2) is 12.4 Å². The minimum atomic E-state index is -4.22. The molecule has 0 fully saturated rings. The zero-order valence-electron chi connectivity index (χ0n) is 10.3. The maximum atomic E-state index is 11.9. The molecular formula is C11H16F3N3O. The van der Waals surface area contributed by atoms with Gasteiger partial charge in [0.2, 0.25) is 5.88 Å². The first-order valence-corrected chi connectivity index (χ1v) is 5.60. The minimum Gasteiger partial charge on any atom is -0.476 e. The third-order valence-corrected chi connectivity index (χ3v) is 1.99. The summed E-state index contributed by atoms with van der Waals surface area (Å²) in [6.07, 6.45) is -2.37. The van der Waals surface area contributed by atoms with Gasteiger partial charge in [0.1, 0.15) is 0 Å². The van der Waals surface area contributed by atoms with E-state index in [9.17, 15) is 13.2 Å². The number of nitrogens with one attached hydrogen (secondary N) is 1. The standard InChI is InChI=1S/C11H16F3N3O/c1-8(2)16-6-9-5-15-7-10(17-9)18-4-3-11(12,13)14/h5,7-8,16H,3-4,6H2,1-2H3. The lowest BCUT2D eigenvalue weighted by atomic mass is 10.3. The minimum absolute atomic E-state index is 0.113. The van der Waals surface area contributed by atoms with Gasteiger partial charge < -0.3 is 10.1 Å². The number of alkyl halides is 3. The van der Waals surface area contributed by atoms with Crippen LogP contribution in [0.4, 0.5) is 13.2 Å². The van der Waals surface area contributed by atoms with Crippen LogP contribution in [-0.4, -0.2) is 28.8 Å². The molecule has 1 heterocycles. The van der Waals surface area contributed by atoms with Gasteiger partial charge in [0.05, 0.1) is 24.9 Å². The van der Waals surface area contributed by atoms with Crippen LogP contribution in [0.25, 0.3) is 0 Å². The number of nitrogens with zero attached hydrogens (tertiary/aromatic N) is 2. The van der Waals surface area contributed by atoms with E-state index in [1.807, 2.05) is 13.8 Å². The van der Waals surface area contributed by atoms with Gasteiger partial charge in [-0.3, -0.25) is 4.98 Å². The predicted molar refractivity (Wildman–Crippen MR) is 60.2 cm³/mol. The van der Waals surface area contributed by atoms with Crippen molar-refractivity contribution >= 4 is 0 Å². The summed E-state index contributed by atoms with van der Waals surface area (Å²) < 4.78 is 40.7. The molecule has 102 valence electrons. The van der Waals surface area contributed by atoms with E-state index < -0.39 is 19.2 Å². The fraction of sp³-hybridized carbons (Fsp3) is 0.636. The Balaban J connectivity index is 2.44. The molecule has 0 aliphatic carbocycles. The number of hydrogen-bond acceptors (Lipinski definition) is 4. The number of aromatic nitrogens is 2. The summed E-state index contributed by atoms with van der Waals surface area (Å²) in [5.74, 6) is 0.113. The van der Waals surface area contributed by atoms with E-state index in [0.717, 1.165) is 0 Å². The third-order valence-electron chi connectivity index (χ3n) is 1.99. The predicted octanol–water partition coefficient (Wildman–Crippen LogP) is 2.31. The molecule has 18 heavy (non-hydrogen) atoms. The molecule has 0 aliphatic rings. The van der Waals surface area contributed by atoms with Crippen molar-refractivity contribution in [1.82, 2.24) is 15.3 Å². The van der Waals surface area contributed by atoms with Crippen molar-refractivity contribution in [2.75, 3.05) is 6.61 Å². The number of ether oxygens (including phenoxy) is 1. The lowest BCUT2D eigenvalue weighted by Crippen LogP contribution is -2.22. The molecule has 0 bridgehead atoms. The van der Waals surface area contributed by atoms with Crippen molar-refractivity contribution in [2.24, 2.45) is 0 Å². The Morgan fingerprint density at radius 2 is 2.06 bits per heavy atom. The van der Waals surface area contributed by atoms with Gasteiger partial charge in [-0.1, -0.05) is 13.8 Å². The highest BCUT2D eigenvalue weighted by atomic mass is 19.4. The first-order valence-electron chi connectivity index (χ1n) is 5.60. The third kappa shape index (κ3) is 6.39. The maximum absolute atomic E-state index is 11.9. The second-order valence-corrected chi connectivity index (χ2v) is 4.10. The van der Waals surface area contributed by atoms with E-state index in [2.05, 4.69) is 15.3 Å². The van der Waals surface area contributed by atoms with Crippen molar-refractivity contribution in [3.63, 3.8) is 0 Å². The highest BCUT2D eigenvalue weighted by Crippen LogP contribution is 2.19. The zero-order chi connectivity index (χ0) is 13.6. The Morgan fingerprint density at radius 1 is 1.33 bits per heavy atom. The molecule has 0 radical (unpaired) electrons. The first kappa shape index (κ1) is 14.7. The lowest BCUT2D eigenvalue weighted by molar-refractivity contribution is -0.139. The van der Waals surface area contributed by atoms with Crippen LogP contribution in [0.1, 0.15) is 26.0 Å². The molecule has 0 amide bonds. The molecule has 0 aromatic carbocycles. The van der Waals surface area contributed by atoms with Crippen molar-refractivity contribution in [3.05, 3.63) is 18.1 Å². The topological polar surface area (TPSA) is 47.0 Å². The van der Waals surface area contributed by atoms with E-state index >= 15 is 0 Å². The van der Waals surface area contributed by atoms with Crippen molar-refractivity contribution in [1.29, 1.82) is 0 Å². The van der Waals surface area contributed by atoms with Crippen LogP contribution in [-0.2, 0) is 6.54 Å². The maximum Gasteiger partial charge on any atom is 0.392 e. The van der Waals surface area contributed by atoms with Gasteiger partial charge >= 0.3 is 6.18 Å². The van der Waals surface area contributed by atoms with Crippen LogP contribution in [0.3, 0.4) is 0 Å². The molecule has 0 unspecified atom stereocenters. The second kappa shape index (κ2) is 6.53. The fourth-order valence-electron chi connectivity index (χ4n) is 1.12. The molecule has 1 aromatic heterocycles. The normalized spacial score (nSPS) is 11.9. The summed E-state index contributed by atoms with van der Waals surface area (Å²) in [4.78, 5) is 7.92. The summed E-state index contributed by atoms with van der Waals surface area (Å²) in [5, 5.41) is 3.13. The highest BCUT2D eigenvalue weighted by Gasteiger charge is 2.26. The molecule has 0 atom stereocenters. The van der Waals surface area contributed by atoms with Crippen LogP contribution < -0.4 is 10.1 Å². The Hall–Kier alpha value is -1.37. The quantitative estimate of drug-likeness (QED) is 0.855. The second-order valence-electron chi connectivity index (χ2n) is 4.10. The Kier molecular flexibility index (Phi) is 5.33. The van der Waals surface area contributed by atoms with Crippen molar-refractivity contribution < 1.29 is 17.9 Å². The summed E-state index contributed by atoms with van der Waals surface area (Å²) in [7, 11) is 0. The number of hydrogen-bond donors (Lipinski definition) is 1. The van der Waals surface area contributed by atoms with Crippen molar-refractivity contribution in [2.45, 2.75) is 39.0 Å². The number of halogens is 3. The smallest absolute Gasteiger partial charge is 0.392 e. The Morgan fingerprint density at radius 3 is 2.67 bits per heavy atom. The van der Waals surface area contributed by atoms with E-state index in [0.29, 0.717) is 18.3 Å².